The van der Waals surface area contributed by atoms with Crippen LogP contribution in [0.3, 0.4) is 0 Å². The molecule has 4 N–H and O–H groups in total. The molecule has 0 aliphatic heterocycles. The van der Waals surface area contributed by atoms with Gasteiger partial charge in [-0.15, -0.1) is 0 Å². The van der Waals surface area contributed by atoms with Crippen LogP contribution in [0.15, 0.2) is 24.3 Å². The molecule has 0 bridgehead atoms. The van der Waals surface area contributed by atoms with E-state index in [1.165, 1.54) is 5.56 Å². The highest BCUT2D eigenvalue weighted by molar-refractivity contribution is 5.73. The summed E-state index contributed by atoms with van der Waals surface area (Å²) in [5.74, 6) is 0. The highest BCUT2D eigenvalue weighted by Crippen LogP contribution is 2.04. The van der Waals surface area contributed by atoms with E-state index in [0.717, 1.165) is 12.0 Å². The molecule has 2 amide bonds. The standard InChI is InChI=1S/C12H19N3O/c1-2-14-12(16)15-9-11-5-3-10(4-6-11)7-8-13/h3-6H,2,7-9,13H2,1H3,(H2,14,15,16). The van der Waals surface area contributed by atoms with E-state index in [2.05, 4.69) is 10.6 Å². The summed E-state index contributed by atoms with van der Waals surface area (Å²) in [6.07, 6.45) is 0.893. The average molecular weight is 221 g/mol. The summed E-state index contributed by atoms with van der Waals surface area (Å²) in [5, 5.41) is 5.46. The molecule has 0 spiro atoms. The maximum Gasteiger partial charge on any atom is 0.315 e. The van der Waals surface area contributed by atoms with Crippen LogP contribution in [0.5, 0.6) is 0 Å². The van der Waals surface area contributed by atoms with Crippen molar-refractivity contribution in [1.29, 1.82) is 0 Å². The normalized spacial score (nSPS) is 9.88. The number of nitrogens with one attached hydrogen (secondary N) is 2. The summed E-state index contributed by atoms with van der Waals surface area (Å²) >= 11 is 0. The Morgan fingerprint density at radius 1 is 1.19 bits per heavy atom. The Morgan fingerprint density at radius 2 is 1.81 bits per heavy atom. The van der Waals surface area contributed by atoms with Crippen LogP contribution in [0.25, 0.3) is 0 Å². The van der Waals surface area contributed by atoms with Crippen molar-refractivity contribution in [3.05, 3.63) is 35.4 Å². The molecule has 0 heterocycles. The first-order valence-electron chi connectivity index (χ1n) is 5.56. The van der Waals surface area contributed by atoms with Gasteiger partial charge in [0.15, 0.2) is 0 Å². The summed E-state index contributed by atoms with van der Waals surface area (Å²) in [4.78, 5) is 11.1. The Morgan fingerprint density at radius 3 is 2.38 bits per heavy atom. The molecule has 1 aromatic carbocycles. The number of hydrogen-bond donors (Lipinski definition) is 3. The van der Waals surface area contributed by atoms with Crippen molar-refractivity contribution >= 4 is 6.03 Å². The van der Waals surface area contributed by atoms with Crippen LogP contribution >= 0.6 is 0 Å². The molecule has 16 heavy (non-hydrogen) atoms. The van der Waals surface area contributed by atoms with Crippen molar-refractivity contribution < 1.29 is 4.79 Å². The number of nitrogens with two attached hydrogens (primary N) is 1. The monoisotopic (exact) mass is 221 g/mol. The number of rotatable bonds is 5. The fourth-order valence-electron chi connectivity index (χ4n) is 1.40. The largest absolute Gasteiger partial charge is 0.338 e. The first-order chi connectivity index (χ1) is 7.76. The Kier molecular flexibility index (Phi) is 5.36. The van der Waals surface area contributed by atoms with E-state index >= 15 is 0 Å². The second kappa shape index (κ2) is 6.85. The summed E-state index contributed by atoms with van der Waals surface area (Å²) in [7, 11) is 0. The lowest BCUT2D eigenvalue weighted by Gasteiger charge is -2.06. The molecule has 0 aromatic heterocycles. The SMILES string of the molecule is CCNC(=O)NCc1ccc(CCN)cc1. The third kappa shape index (κ3) is 4.31. The minimum Gasteiger partial charge on any atom is -0.338 e. The van der Waals surface area contributed by atoms with Gasteiger partial charge in [0.2, 0.25) is 0 Å². The summed E-state index contributed by atoms with van der Waals surface area (Å²) < 4.78 is 0. The maximum absolute atomic E-state index is 11.1. The lowest BCUT2D eigenvalue weighted by atomic mass is 10.1. The van der Waals surface area contributed by atoms with Crippen LogP contribution in [-0.4, -0.2) is 19.1 Å². The fourth-order valence-corrected chi connectivity index (χ4v) is 1.40. The van der Waals surface area contributed by atoms with Crippen LogP contribution in [0.4, 0.5) is 4.79 Å². The zero-order valence-electron chi connectivity index (χ0n) is 9.62. The van der Waals surface area contributed by atoms with E-state index in [4.69, 9.17) is 5.73 Å². The molecule has 0 unspecified atom stereocenters. The van der Waals surface area contributed by atoms with Crippen molar-refractivity contribution in [3.8, 4) is 0 Å². The Hall–Kier alpha value is -1.55. The predicted molar refractivity (Wildman–Crippen MR) is 65.1 cm³/mol. The molecular weight excluding hydrogens is 202 g/mol. The number of urea groups is 1. The molecule has 4 nitrogen and oxygen atoms in total. The maximum atomic E-state index is 11.1. The second-order valence-electron chi connectivity index (χ2n) is 3.57. The Labute approximate surface area is 96.2 Å². The quantitative estimate of drug-likeness (QED) is 0.694. The van der Waals surface area contributed by atoms with Crippen LogP contribution in [0, 0.1) is 0 Å². The van der Waals surface area contributed by atoms with Gasteiger partial charge in [0.1, 0.15) is 0 Å². The summed E-state index contributed by atoms with van der Waals surface area (Å²) in [6, 6.07) is 7.98. The predicted octanol–water partition coefficient (Wildman–Crippen LogP) is 1.01. The van der Waals surface area contributed by atoms with Gasteiger partial charge in [0.25, 0.3) is 0 Å². The number of carbonyl (C=O) groups is 1. The first kappa shape index (κ1) is 12.5. The lowest BCUT2D eigenvalue weighted by Crippen LogP contribution is -2.34. The highest BCUT2D eigenvalue weighted by Gasteiger charge is 1.98. The van der Waals surface area contributed by atoms with Crippen LogP contribution in [0.2, 0.25) is 0 Å². The first-order valence-corrected chi connectivity index (χ1v) is 5.56. The second-order valence-corrected chi connectivity index (χ2v) is 3.57. The third-order valence-electron chi connectivity index (χ3n) is 2.25. The van der Waals surface area contributed by atoms with Gasteiger partial charge >= 0.3 is 6.03 Å². The lowest BCUT2D eigenvalue weighted by molar-refractivity contribution is 0.241. The Balaban J connectivity index is 2.40. The van der Waals surface area contributed by atoms with Crippen LogP contribution < -0.4 is 16.4 Å². The Bertz CT molecular complexity index is 322. The number of carbonyl (C=O) groups excluding carboxylic acids is 1. The van der Waals surface area contributed by atoms with Gasteiger partial charge in [-0.3, -0.25) is 0 Å². The fraction of sp³-hybridized carbons (Fsp3) is 0.417. The van der Waals surface area contributed by atoms with Gasteiger partial charge in [0.05, 0.1) is 0 Å². The number of hydrogen-bond acceptors (Lipinski definition) is 2. The molecule has 1 aromatic rings. The average Bonchev–Trinajstić information content (AvgIpc) is 2.29. The van der Waals surface area contributed by atoms with E-state index < -0.39 is 0 Å². The molecule has 0 aliphatic rings. The third-order valence-corrected chi connectivity index (χ3v) is 2.25. The van der Waals surface area contributed by atoms with E-state index in [1.807, 2.05) is 31.2 Å². The van der Waals surface area contributed by atoms with Crippen LogP contribution in [-0.2, 0) is 13.0 Å². The van der Waals surface area contributed by atoms with Gasteiger partial charge in [-0.1, -0.05) is 24.3 Å². The van der Waals surface area contributed by atoms with Gasteiger partial charge in [-0.25, -0.2) is 4.79 Å². The molecule has 0 atom stereocenters. The van der Waals surface area contributed by atoms with E-state index in [1.54, 1.807) is 0 Å². The van der Waals surface area contributed by atoms with Crippen molar-refractivity contribution in [2.45, 2.75) is 19.9 Å². The van der Waals surface area contributed by atoms with Gasteiger partial charge in [-0.05, 0) is 31.0 Å². The molecule has 0 saturated carbocycles. The minimum atomic E-state index is -0.131. The molecule has 88 valence electrons. The molecule has 0 fully saturated rings. The molecule has 4 heteroatoms. The van der Waals surface area contributed by atoms with E-state index in [9.17, 15) is 4.79 Å². The molecule has 1 rings (SSSR count). The van der Waals surface area contributed by atoms with Gasteiger partial charge < -0.3 is 16.4 Å². The van der Waals surface area contributed by atoms with Crippen molar-refractivity contribution in [3.63, 3.8) is 0 Å². The van der Waals surface area contributed by atoms with Gasteiger partial charge in [-0.2, -0.15) is 0 Å². The number of benzene rings is 1. The smallest absolute Gasteiger partial charge is 0.315 e. The minimum absolute atomic E-state index is 0.131. The summed E-state index contributed by atoms with van der Waals surface area (Å²) in [6.45, 7) is 3.74. The van der Waals surface area contributed by atoms with E-state index in [0.29, 0.717) is 19.6 Å². The summed E-state index contributed by atoms with van der Waals surface area (Å²) in [5.41, 5.74) is 7.78. The van der Waals surface area contributed by atoms with Gasteiger partial charge in [0, 0.05) is 13.1 Å². The van der Waals surface area contributed by atoms with Crippen molar-refractivity contribution in [2.24, 2.45) is 5.73 Å². The topological polar surface area (TPSA) is 67.2 Å². The van der Waals surface area contributed by atoms with E-state index in [-0.39, 0.29) is 6.03 Å². The van der Waals surface area contributed by atoms with Crippen LogP contribution in [0.1, 0.15) is 18.1 Å². The molecular formula is C12H19N3O. The van der Waals surface area contributed by atoms with Crippen molar-refractivity contribution in [2.75, 3.05) is 13.1 Å². The van der Waals surface area contributed by atoms with Crippen molar-refractivity contribution in [1.82, 2.24) is 10.6 Å². The molecule has 0 saturated heterocycles. The molecule has 0 aliphatic carbocycles. The molecule has 0 radical (unpaired) electrons. The highest BCUT2D eigenvalue weighted by atomic mass is 16.2. The number of amides is 2. The zero-order chi connectivity index (χ0) is 11.8. The zero-order valence-corrected chi connectivity index (χ0v) is 9.62.